The van der Waals surface area contributed by atoms with Crippen LogP contribution in [0.5, 0.6) is 0 Å². The molecular formula is C11H13IN2. The van der Waals surface area contributed by atoms with E-state index in [2.05, 4.69) is 57.2 Å². The third kappa shape index (κ3) is 1.79. The van der Waals surface area contributed by atoms with Crippen molar-refractivity contribution >= 4 is 33.5 Å². The molecule has 2 nitrogen and oxygen atoms in total. The minimum Gasteiger partial charge on any atom is -0.350 e. The number of hydrogen-bond donors (Lipinski definition) is 2. The Balaban J connectivity index is 2.45. The number of nitrogens with one attached hydrogen (secondary N) is 2. The van der Waals surface area contributed by atoms with Crippen LogP contribution in [0.2, 0.25) is 0 Å². The topological polar surface area (TPSA) is 27.8 Å². The predicted octanol–water partition coefficient (Wildman–Crippen LogP) is 2.53. The SMILES string of the molecule is CNCCc1c([131I])[nH]c2ccccc12. The summed E-state index contributed by atoms with van der Waals surface area (Å²) in [6.45, 7) is 1.03. The molecule has 2 rings (SSSR count). The second-order valence-electron chi connectivity index (χ2n) is 3.32. The van der Waals surface area contributed by atoms with Gasteiger partial charge in [-0.1, -0.05) is 18.2 Å². The van der Waals surface area contributed by atoms with Crippen LogP contribution in [-0.4, -0.2) is 18.6 Å². The zero-order chi connectivity index (χ0) is 9.97. The molecule has 74 valence electrons. The van der Waals surface area contributed by atoms with E-state index < -0.39 is 0 Å². The lowest BCUT2D eigenvalue weighted by atomic mass is 10.1. The number of hydrogen-bond acceptors (Lipinski definition) is 1. The third-order valence-corrected chi connectivity index (χ3v) is 3.31. The molecular weight excluding hydrogens is 291 g/mol. The van der Waals surface area contributed by atoms with Crippen molar-refractivity contribution in [2.24, 2.45) is 0 Å². The smallest absolute Gasteiger partial charge is 0.0815 e. The van der Waals surface area contributed by atoms with Gasteiger partial charge in [0.05, 0.1) is 3.70 Å². The van der Waals surface area contributed by atoms with Crippen molar-refractivity contribution in [3.8, 4) is 0 Å². The number of benzene rings is 1. The quantitative estimate of drug-likeness (QED) is 0.838. The van der Waals surface area contributed by atoms with E-state index in [1.54, 1.807) is 0 Å². The molecule has 0 saturated carbocycles. The van der Waals surface area contributed by atoms with Crippen LogP contribution in [0.15, 0.2) is 24.3 Å². The molecule has 2 N–H and O–H groups in total. The highest BCUT2D eigenvalue weighted by atomic mass is 131. The monoisotopic (exact) mass is 304 g/mol. The van der Waals surface area contributed by atoms with E-state index in [-0.39, 0.29) is 0 Å². The number of aromatic nitrogens is 1. The molecule has 0 atom stereocenters. The molecule has 0 radical (unpaired) electrons. The maximum Gasteiger partial charge on any atom is 0.0815 e. The highest BCUT2D eigenvalue weighted by Gasteiger charge is 2.07. The zero-order valence-corrected chi connectivity index (χ0v) is 10.3. The Hall–Kier alpha value is -0.550. The standard InChI is InChI=1S/C11H13IN2/c1-13-7-6-9-8-4-2-3-5-10(8)14-11(9)12/h2-5,13-14H,6-7H2,1H3/i12+4. The number of rotatable bonds is 3. The van der Waals surface area contributed by atoms with Crippen LogP contribution in [0.3, 0.4) is 0 Å². The lowest BCUT2D eigenvalue weighted by Crippen LogP contribution is -2.10. The molecule has 0 fully saturated rings. The first-order chi connectivity index (χ1) is 6.83. The normalized spacial score (nSPS) is 11.0. The molecule has 2 aromatic rings. The second-order valence-corrected chi connectivity index (χ2v) is 4.40. The van der Waals surface area contributed by atoms with Crippen LogP contribution in [0.1, 0.15) is 5.56 Å². The van der Waals surface area contributed by atoms with Crippen LogP contribution in [-0.2, 0) is 6.42 Å². The summed E-state index contributed by atoms with van der Waals surface area (Å²) in [5.41, 5.74) is 2.67. The first-order valence-electron chi connectivity index (χ1n) is 4.72. The summed E-state index contributed by atoms with van der Waals surface area (Å²) in [7, 11) is 1.99. The van der Waals surface area contributed by atoms with Crippen LogP contribution in [0, 0.1) is 3.70 Å². The van der Waals surface area contributed by atoms with Crippen molar-refractivity contribution in [2.75, 3.05) is 13.6 Å². The summed E-state index contributed by atoms with van der Waals surface area (Å²) < 4.78 is 1.26. The minimum atomic E-state index is 1.03. The van der Waals surface area contributed by atoms with Gasteiger partial charge in [0.2, 0.25) is 0 Å². The summed E-state index contributed by atoms with van der Waals surface area (Å²) in [6.07, 6.45) is 1.08. The van der Waals surface area contributed by atoms with Gasteiger partial charge in [-0.15, -0.1) is 0 Å². The Morgan fingerprint density at radius 1 is 1.36 bits per heavy atom. The Morgan fingerprint density at radius 2 is 2.14 bits per heavy atom. The Bertz CT molecular complexity index is 434. The first kappa shape index (κ1) is 9.98. The fraction of sp³-hybridized carbons (Fsp3) is 0.273. The van der Waals surface area contributed by atoms with Gasteiger partial charge in [0.25, 0.3) is 0 Å². The number of para-hydroxylation sites is 1. The molecule has 1 aromatic heterocycles. The maximum atomic E-state index is 3.39. The van der Waals surface area contributed by atoms with Crippen LogP contribution < -0.4 is 5.32 Å². The molecule has 0 aliphatic rings. The van der Waals surface area contributed by atoms with Gasteiger partial charge >= 0.3 is 0 Å². The second kappa shape index (κ2) is 4.31. The number of fused-ring (bicyclic) bond motifs is 1. The van der Waals surface area contributed by atoms with Gasteiger partial charge in [-0.3, -0.25) is 0 Å². The fourth-order valence-electron chi connectivity index (χ4n) is 1.66. The number of likely N-dealkylation sites (N-methyl/N-ethyl adjacent to an activating group) is 1. The van der Waals surface area contributed by atoms with Crippen LogP contribution in [0.4, 0.5) is 0 Å². The highest BCUT2D eigenvalue weighted by Crippen LogP contribution is 2.23. The van der Waals surface area contributed by atoms with Gasteiger partial charge in [0.1, 0.15) is 0 Å². The van der Waals surface area contributed by atoms with E-state index in [0.29, 0.717) is 0 Å². The van der Waals surface area contributed by atoms with Crippen LogP contribution in [0.25, 0.3) is 10.9 Å². The lowest BCUT2D eigenvalue weighted by molar-refractivity contribution is 0.792. The number of H-pyrrole nitrogens is 1. The van der Waals surface area contributed by atoms with Crippen molar-refractivity contribution in [3.63, 3.8) is 0 Å². The molecule has 0 spiro atoms. The molecule has 3 heteroatoms. The van der Waals surface area contributed by atoms with Crippen molar-refractivity contribution in [1.82, 2.24) is 10.3 Å². The summed E-state index contributed by atoms with van der Waals surface area (Å²) in [5, 5.41) is 4.53. The Labute approximate surface area is 97.2 Å². The van der Waals surface area contributed by atoms with Gasteiger partial charge in [-0.2, -0.15) is 0 Å². The largest absolute Gasteiger partial charge is 0.350 e. The van der Waals surface area contributed by atoms with Gasteiger partial charge in [-0.25, -0.2) is 0 Å². The van der Waals surface area contributed by atoms with E-state index in [1.165, 1.54) is 20.2 Å². The number of aromatic amines is 1. The summed E-state index contributed by atoms with van der Waals surface area (Å²) in [6, 6.07) is 8.46. The van der Waals surface area contributed by atoms with E-state index in [0.717, 1.165) is 13.0 Å². The maximum absolute atomic E-state index is 3.39. The zero-order valence-electron chi connectivity index (χ0n) is 8.10. The molecule has 0 bridgehead atoms. The lowest BCUT2D eigenvalue weighted by Gasteiger charge is -1.99. The van der Waals surface area contributed by atoms with E-state index in [9.17, 15) is 0 Å². The molecule has 1 aromatic carbocycles. The molecule has 14 heavy (non-hydrogen) atoms. The van der Waals surface area contributed by atoms with Crippen molar-refractivity contribution in [3.05, 3.63) is 33.5 Å². The van der Waals surface area contributed by atoms with Gasteiger partial charge in [0, 0.05) is 10.9 Å². The third-order valence-electron chi connectivity index (χ3n) is 2.39. The molecule has 0 aliphatic heterocycles. The molecule has 0 unspecified atom stereocenters. The molecule has 1 heterocycles. The average molecular weight is 304 g/mol. The highest BCUT2D eigenvalue weighted by molar-refractivity contribution is 14.1. The van der Waals surface area contributed by atoms with Crippen LogP contribution >= 0.6 is 22.6 Å². The van der Waals surface area contributed by atoms with E-state index in [4.69, 9.17) is 0 Å². The Kier molecular flexibility index (Phi) is 3.08. The molecule has 0 aliphatic carbocycles. The summed E-state index contributed by atoms with van der Waals surface area (Å²) in [4.78, 5) is 3.39. The van der Waals surface area contributed by atoms with E-state index >= 15 is 0 Å². The Morgan fingerprint density at radius 3 is 2.93 bits per heavy atom. The number of halogens is 1. The van der Waals surface area contributed by atoms with Crippen molar-refractivity contribution in [2.45, 2.75) is 6.42 Å². The summed E-state index contributed by atoms with van der Waals surface area (Å²) >= 11 is 2.37. The first-order valence-corrected chi connectivity index (χ1v) is 5.80. The van der Waals surface area contributed by atoms with Gasteiger partial charge < -0.3 is 10.3 Å². The predicted molar refractivity (Wildman–Crippen MR) is 68.6 cm³/mol. The molecule has 0 amide bonds. The van der Waals surface area contributed by atoms with Crippen molar-refractivity contribution in [1.29, 1.82) is 0 Å². The minimum absolute atomic E-state index is 1.03. The van der Waals surface area contributed by atoms with Gasteiger partial charge in [-0.05, 0) is 54.2 Å². The fourth-order valence-corrected chi connectivity index (χ4v) is 2.51. The van der Waals surface area contributed by atoms with Gasteiger partial charge in [0.15, 0.2) is 0 Å². The summed E-state index contributed by atoms with van der Waals surface area (Å²) in [5.74, 6) is 0. The van der Waals surface area contributed by atoms with E-state index in [1.807, 2.05) is 7.05 Å². The average Bonchev–Trinajstić information content (AvgIpc) is 2.51. The van der Waals surface area contributed by atoms with Crippen molar-refractivity contribution < 1.29 is 0 Å². The molecule has 0 saturated heterocycles.